The maximum absolute atomic E-state index is 13.4. The van der Waals surface area contributed by atoms with Crippen molar-refractivity contribution in [2.75, 3.05) is 10.6 Å². The Labute approximate surface area is 191 Å². The Balaban J connectivity index is 1.67. The van der Waals surface area contributed by atoms with Crippen LogP contribution in [0.5, 0.6) is 0 Å². The summed E-state index contributed by atoms with van der Waals surface area (Å²) in [5, 5.41) is 10.3. The molecule has 0 aliphatic rings. The molecular weight excluding hydrogens is 419 g/mol. The first kappa shape index (κ1) is 22.0. The summed E-state index contributed by atoms with van der Waals surface area (Å²) in [5.41, 5.74) is 5.05. The van der Waals surface area contributed by atoms with Crippen LogP contribution in [0, 0.1) is 19.7 Å². The Morgan fingerprint density at radius 3 is 2.24 bits per heavy atom. The number of rotatable bonds is 5. The zero-order valence-corrected chi connectivity index (χ0v) is 18.5. The van der Waals surface area contributed by atoms with Crippen LogP contribution < -0.4 is 10.6 Å². The molecule has 0 radical (unpaired) electrons. The second-order valence-corrected chi connectivity index (χ2v) is 7.78. The molecule has 1 heterocycles. The predicted octanol–water partition coefficient (Wildman–Crippen LogP) is 5.51. The zero-order chi connectivity index (χ0) is 23.5. The van der Waals surface area contributed by atoms with E-state index in [0.717, 1.165) is 16.8 Å². The van der Waals surface area contributed by atoms with Gasteiger partial charge in [-0.25, -0.2) is 9.07 Å². The molecule has 2 amide bonds. The number of carbonyl (C=O) groups excluding carboxylic acids is 2. The zero-order valence-electron chi connectivity index (χ0n) is 18.5. The van der Waals surface area contributed by atoms with Crippen LogP contribution in [0.1, 0.15) is 28.5 Å². The quantitative estimate of drug-likeness (QED) is 0.428. The molecule has 0 aliphatic carbocycles. The fraction of sp³-hybridized carbons (Fsp3) is 0.115. The van der Waals surface area contributed by atoms with Crippen molar-refractivity contribution in [3.63, 3.8) is 0 Å². The number of halogens is 1. The normalized spacial score (nSPS) is 10.7. The minimum absolute atomic E-state index is 0.224. The van der Waals surface area contributed by atoms with E-state index in [4.69, 9.17) is 0 Å². The van der Waals surface area contributed by atoms with E-state index < -0.39 is 0 Å². The molecule has 3 aromatic carbocycles. The lowest BCUT2D eigenvalue weighted by Crippen LogP contribution is -2.13. The van der Waals surface area contributed by atoms with Crippen molar-refractivity contribution in [2.45, 2.75) is 20.8 Å². The van der Waals surface area contributed by atoms with Crippen LogP contribution in [0.3, 0.4) is 0 Å². The SMILES string of the molecule is CC(=O)Nc1c(-c2ccc(F)cc2)c(C)nn1-c1ccc(C(=O)Nc2cccc(C)c2)cc1. The number of nitrogens with one attached hydrogen (secondary N) is 2. The fourth-order valence-electron chi connectivity index (χ4n) is 3.64. The predicted molar refractivity (Wildman–Crippen MR) is 127 cm³/mol. The number of carbonyl (C=O) groups is 2. The van der Waals surface area contributed by atoms with Crippen molar-refractivity contribution in [3.05, 3.63) is 95.4 Å². The molecule has 0 atom stereocenters. The minimum atomic E-state index is -0.343. The molecule has 6 nitrogen and oxygen atoms in total. The molecule has 4 aromatic rings. The summed E-state index contributed by atoms with van der Waals surface area (Å²) in [5.74, 6) is -0.348. The highest BCUT2D eigenvalue weighted by atomic mass is 19.1. The highest BCUT2D eigenvalue weighted by Crippen LogP contribution is 2.33. The van der Waals surface area contributed by atoms with E-state index in [1.54, 1.807) is 41.1 Å². The molecule has 2 N–H and O–H groups in total. The van der Waals surface area contributed by atoms with Gasteiger partial charge in [-0.05, 0) is 73.5 Å². The Hall–Kier alpha value is -4.26. The van der Waals surface area contributed by atoms with Crippen molar-refractivity contribution >= 4 is 23.3 Å². The molecule has 0 fully saturated rings. The van der Waals surface area contributed by atoms with E-state index in [9.17, 15) is 14.0 Å². The second kappa shape index (κ2) is 9.08. The Bertz CT molecular complexity index is 1330. The van der Waals surface area contributed by atoms with Crippen LogP contribution in [0.15, 0.2) is 72.8 Å². The van der Waals surface area contributed by atoms with E-state index >= 15 is 0 Å². The summed E-state index contributed by atoms with van der Waals surface area (Å²) in [6, 6.07) is 20.5. The fourth-order valence-corrected chi connectivity index (χ4v) is 3.64. The number of aryl methyl sites for hydroxylation is 2. The van der Waals surface area contributed by atoms with E-state index in [2.05, 4.69) is 15.7 Å². The van der Waals surface area contributed by atoms with Crippen LogP contribution in [0.2, 0.25) is 0 Å². The maximum Gasteiger partial charge on any atom is 0.255 e. The van der Waals surface area contributed by atoms with Crippen molar-refractivity contribution in [1.29, 1.82) is 0 Å². The molecule has 4 rings (SSSR count). The van der Waals surface area contributed by atoms with Crippen LogP contribution in [0.4, 0.5) is 15.9 Å². The molecule has 0 unspecified atom stereocenters. The third-order valence-corrected chi connectivity index (χ3v) is 5.14. The van der Waals surface area contributed by atoms with Gasteiger partial charge in [0.1, 0.15) is 11.6 Å². The smallest absolute Gasteiger partial charge is 0.255 e. The van der Waals surface area contributed by atoms with Crippen LogP contribution in [-0.2, 0) is 4.79 Å². The molecule has 0 saturated carbocycles. The highest BCUT2D eigenvalue weighted by Gasteiger charge is 2.19. The van der Waals surface area contributed by atoms with Crippen LogP contribution >= 0.6 is 0 Å². The number of hydrogen-bond acceptors (Lipinski definition) is 3. The first-order valence-electron chi connectivity index (χ1n) is 10.4. The van der Waals surface area contributed by atoms with Gasteiger partial charge < -0.3 is 10.6 Å². The number of aromatic nitrogens is 2. The van der Waals surface area contributed by atoms with Crippen LogP contribution in [0.25, 0.3) is 16.8 Å². The summed E-state index contributed by atoms with van der Waals surface area (Å²) < 4.78 is 15.0. The van der Waals surface area contributed by atoms with Gasteiger partial charge in [-0.1, -0.05) is 24.3 Å². The molecule has 0 spiro atoms. The number of amides is 2. The molecule has 33 heavy (non-hydrogen) atoms. The monoisotopic (exact) mass is 442 g/mol. The van der Waals surface area contributed by atoms with Crippen LogP contribution in [-0.4, -0.2) is 21.6 Å². The third-order valence-electron chi connectivity index (χ3n) is 5.14. The topological polar surface area (TPSA) is 76.0 Å². The van der Waals surface area contributed by atoms with Gasteiger partial charge in [0.2, 0.25) is 5.91 Å². The molecule has 0 bridgehead atoms. The first-order chi connectivity index (χ1) is 15.8. The van der Waals surface area contributed by atoms with Gasteiger partial charge in [0.15, 0.2) is 0 Å². The maximum atomic E-state index is 13.4. The van der Waals surface area contributed by atoms with Gasteiger partial charge >= 0.3 is 0 Å². The summed E-state index contributed by atoms with van der Waals surface area (Å²) in [6.07, 6.45) is 0. The summed E-state index contributed by atoms with van der Waals surface area (Å²) >= 11 is 0. The lowest BCUT2D eigenvalue weighted by atomic mass is 10.1. The number of nitrogens with zero attached hydrogens (tertiary/aromatic N) is 2. The molecule has 0 aliphatic heterocycles. The van der Waals surface area contributed by atoms with E-state index in [1.807, 2.05) is 38.1 Å². The summed E-state index contributed by atoms with van der Waals surface area (Å²) in [7, 11) is 0. The van der Waals surface area contributed by atoms with Gasteiger partial charge in [0, 0.05) is 23.7 Å². The van der Waals surface area contributed by atoms with Gasteiger partial charge in [0.25, 0.3) is 5.91 Å². The molecule has 1 aromatic heterocycles. The summed E-state index contributed by atoms with van der Waals surface area (Å²) in [6.45, 7) is 5.20. The largest absolute Gasteiger partial charge is 0.322 e. The average Bonchev–Trinajstić information content (AvgIpc) is 3.09. The van der Waals surface area contributed by atoms with Crippen molar-refractivity contribution in [2.24, 2.45) is 0 Å². The Morgan fingerprint density at radius 1 is 0.909 bits per heavy atom. The second-order valence-electron chi connectivity index (χ2n) is 7.78. The molecule has 7 heteroatoms. The number of benzene rings is 3. The van der Waals surface area contributed by atoms with E-state index in [0.29, 0.717) is 28.3 Å². The average molecular weight is 442 g/mol. The van der Waals surface area contributed by atoms with Gasteiger partial charge in [-0.2, -0.15) is 5.10 Å². The van der Waals surface area contributed by atoms with Gasteiger partial charge in [-0.15, -0.1) is 0 Å². The van der Waals surface area contributed by atoms with Gasteiger partial charge in [-0.3, -0.25) is 9.59 Å². The first-order valence-corrected chi connectivity index (χ1v) is 10.4. The Kier molecular flexibility index (Phi) is 6.04. The van der Waals surface area contributed by atoms with E-state index in [1.165, 1.54) is 19.1 Å². The highest BCUT2D eigenvalue weighted by molar-refractivity contribution is 6.04. The van der Waals surface area contributed by atoms with Gasteiger partial charge in [0.05, 0.1) is 11.4 Å². The minimum Gasteiger partial charge on any atom is -0.322 e. The molecule has 166 valence electrons. The van der Waals surface area contributed by atoms with Crippen molar-refractivity contribution in [1.82, 2.24) is 9.78 Å². The number of hydrogen-bond donors (Lipinski definition) is 2. The van der Waals surface area contributed by atoms with Crippen molar-refractivity contribution in [3.8, 4) is 16.8 Å². The van der Waals surface area contributed by atoms with Crippen molar-refractivity contribution < 1.29 is 14.0 Å². The van der Waals surface area contributed by atoms with E-state index in [-0.39, 0.29) is 17.6 Å². The standard InChI is InChI=1S/C26H23FN4O2/c1-16-5-4-6-22(15-16)29-26(33)20-9-13-23(14-10-20)31-25(28-18(3)32)24(17(2)30-31)19-7-11-21(27)12-8-19/h4-15H,1-3H3,(H,28,32)(H,29,33). The third kappa shape index (κ3) is 4.82. The lowest BCUT2D eigenvalue weighted by Gasteiger charge is -2.11. The molecular formula is C26H23FN4O2. The Morgan fingerprint density at radius 2 is 1.61 bits per heavy atom. The molecule has 0 saturated heterocycles. The number of anilines is 2. The lowest BCUT2D eigenvalue weighted by molar-refractivity contribution is -0.114. The summed E-state index contributed by atoms with van der Waals surface area (Å²) in [4.78, 5) is 24.6.